The summed E-state index contributed by atoms with van der Waals surface area (Å²) in [5.41, 5.74) is 0.602. The zero-order valence-electron chi connectivity index (χ0n) is 13.4. The van der Waals surface area contributed by atoms with Crippen LogP contribution in [0.1, 0.15) is 5.56 Å². The number of nitrogens with one attached hydrogen (secondary N) is 2. The summed E-state index contributed by atoms with van der Waals surface area (Å²) in [6.07, 6.45) is 0. The molecule has 25 heavy (non-hydrogen) atoms. The van der Waals surface area contributed by atoms with Crippen molar-refractivity contribution in [1.82, 2.24) is 19.5 Å². The number of benzene rings is 1. The first kappa shape index (κ1) is 16.8. The molecule has 3 N–H and O–H groups in total. The van der Waals surface area contributed by atoms with Crippen LogP contribution in [-0.2, 0) is 7.05 Å². The number of hydrogen-bond donors (Lipinski definition) is 3. The van der Waals surface area contributed by atoms with E-state index in [0.29, 0.717) is 22.4 Å². The minimum absolute atomic E-state index is 0.197. The van der Waals surface area contributed by atoms with Crippen LogP contribution in [0.15, 0.2) is 44.2 Å². The van der Waals surface area contributed by atoms with Gasteiger partial charge in [-0.15, -0.1) is 0 Å². The van der Waals surface area contributed by atoms with Gasteiger partial charge in [-0.2, -0.15) is 0 Å². The molecule has 10 heteroatoms. The first-order chi connectivity index (χ1) is 12.0. The molecule has 0 radical (unpaired) electrons. The van der Waals surface area contributed by atoms with Crippen LogP contribution >= 0.6 is 11.8 Å². The quantitative estimate of drug-likeness (QED) is 0.269. The molecule has 0 saturated carbocycles. The lowest BCUT2D eigenvalue weighted by Crippen LogP contribution is -2.32. The van der Waals surface area contributed by atoms with Crippen LogP contribution in [0, 0.1) is 0 Å². The number of aromatic nitrogens is 4. The van der Waals surface area contributed by atoms with Crippen LogP contribution in [0.3, 0.4) is 0 Å². The van der Waals surface area contributed by atoms with Crippen molar-refractivity contribution in [2.75, 3.05) is 12.9 Å². The van der Waals surface area contributed by atoms with Crippen molar-refractivity contribution >= 4 is 28.6 Å². The third-order valence-corrected chi connectivity index (χ3v) is 4.50. The van der Waals surface area contributed by atoms with Gasteiger partial charge in [-0.05, 0) is 24.3 Å². The Bertz CT molecular complexity index is 1050. The summed E-state index contributed by atoms with van der Waals surface area (Å²) in [5, 5.41) is 13.0. The molecule has 0 atom stereocenters. The standard InChI is InChI=1S/C15H15N5O4S/c1-20-13(21)11-12(18-15(20)22)17-14(16-11)25-7-10(19-23)8-3-5-9(24-2)6-4-8/h3-6,23H,7H2,1-2H3,(H,16,17)(H,18,22)/b19-10-. The van der Waals surface area contributed by atoms with E-state index in [2.05, 4.69) is 20.1 Å². The Morgan fingerprint density at radius 2 is 2.04 bits per heavy atom. The Morgan fingerprint density at radius 3 is 2.68 bits per heavy atom. The van der Waals surface area contributed by atoms with Gasteiger partial charge in [-0.25, -0.2) is 9.78 Å². The largest absolute Gasteiger partial charge is 0.497 e. The number of aromatic amines is 2. The van der Waals surface area contributed by atoms with Gasteiger partial charge in [0.1, 0.15) is 5.75 Å². The lowest BCUT2D eigenvalue weighted by atomic mass is 10.1. The summed E-state index contributed by atoms with van der Waals surface area (Å²) >= 11 is 1.25. The number of methoxy groups -OCH3 is 1. The molecule has 0 aliphatic carbocycles. The number of nitrogens with zero attached hydrogens (tertiary/aromatic N) is 3. The van der Waals surface area contributed by atoms with Gasteiger partial charge >= 0.3 is 5.69 Å². The Morgan fingerprint density at radius 1 is 1.32 bits per heavy atom. The lowest BCUT2D eigenvalue weighted by molar-refractivity contribution is 0.319. The third-order valence-electron chi connectivity index (χ3n) is 3.62. The topological polar surface area (TPSA) is 125 Å². The summed E-state index contributed by atoms with van der Waals surface area (Å²) in [6, 6.07) is 7.09. The lowest BCUT2D eigenvalue weighted by Gasteiger charge is -2.04. The monoisotopic (exact) mass is 361 g/mol. The molecule has 0 saturated heterocycles. The number of hydrogen-bond acceptors (Lipinski definition) is 7. The molecule has 9 nitrogen and oxygen atoms in total. The van der Waals surface area contributed by atoms with Gasteiger partial charge in [0.2, 0.25) is 0 Å². The van der Waals surface area contributed by atoms with E-state index in [1.807, 2.05) is 0 Å². The maximum Gasteiger partial charge on any atom is 0.329 e. The average Bonchev–Trinajstić information content (AvgIpc) is 3.03. The van der Waals surface area contributed by atoms with E-state index in [9.17, 15) is 14.8 Å². The second-order valence-corrected chi connectivity index (χ2v) is 6.09. The zero-order valence-corrected chi connectivity index (χ0v) is 14.3. The normalized spacial score (nSPS) is 11.8. The van der Waals surface area contributed by atoms with E-state index < -0.39 is 11.2 Å². The van der Waals surface area contributed by atoms with E-state index in [-0.39, 0.29) is 11.2 Å². The number of thioether (sulfide) groups is 1. The second-order valence-electron chi connectivity index (χ2n) is 5.12. The fraction of sp³-hybridized carbons (Fsp3) is 0.200. The van der Waals surface area contributed by atoms with E-state index in [4.69, 9.17) is 4.74 Å². The number of ether oxygens (including phenoxy) is 1. The van der Waals surface area contributed by atoms with Gasteiger partial charge in [0.05, 0.1) is 12.8 Å². The van der Waals surface area contributed by atoms with Crippen LogP contribution in [0.2, 0.25) is 0 Å². The molecule has 0 amide bonds. The van der Waals surface area contributed by atoms with Crippen molar-refractivity contribution in [3.05, 3.63) is 50.7 Å². The zero-order chi connectivity index (χ0) is 18.0. The number of oxime groups is 1. The molecule has 3 rings (SSSR count). The van der Waals surface area contributed by atoms with Crippen molar-refractivity contribution in [3.8, 4) is 5.75 Å². The summed E-state index contributed by atoms with van der Waals surface area (Å²) in [7, 11) is 2.95. The van der Waals surface area contributed by atoms with E-state index >= 15 is 0 Å². The second kappa shape index (κ2) is 6.85. The smallest absolute Gasteiger partial charge is 0.329 e. The van der Waals surface area contributed by atoms with Crippen molar-refractivity contribution in [2.24, 2.45) is 12.2 Å². The maximum absolute atomic E-state index is 12.0. The highest BCUT2D eigenvalue weighted by atomic mass is 32.2. The van der Waals surface area contributed by atoms with Crippen molar-refractivity contribution in [1.29, 1.82) is 0 Å². The van der Waals surface area contributed by atoms with Crippen LogP contribution in [0.25, 0.3) is 11.2 Å². The van der Waals surface area contributed by atoms with E-state index in [1.165, 1.54) is 18.8 Å². The van der Waals surface area contributed by atoms with Crippen LogP contribution in [0.5, 0.6) is 5.75 Å². The van der Waals surface area contributed by atoms with Gasteiger partial charge in [0, 0.05) is 18.4 Å². The SMILES string of the molecule is COc1ccc(/C(CSc2nc3[nH]c(=O)n(C)c(=O)c3[nH]2)=N\O)cc1. The predicted molar refractivity (Wildman–Crippen MR) is 94.0 cm³/mol. The minimum Gasteiger partial charge on any atom is -0.497 e. The Hall–Kier alpha value is -3.01. The Balaban J connectivity index is 1.82. The average molecular weight is 361 g/mol. The van der Waals surface area contributed by atoms with Gasteiger partial charge < -0.3 is 14.9 Å². The minimum atomic E-state index is -0.531. The molecule has 1 aromatic carbocycles. The predicted octanol–water partition coefficient (Wildman–Crippen LogP) is 0.929. The molecule has 3 aromatic rings. The van der Waals surface area contributed by atoms with Gasteiger partial charge in [0.15, 0.2) is 16.3 Å². The van der Waals surface area contributed by atoms with Crippen LogP contribution in [0.4, 0.5) is 0 Å². The summed E-state index contributed by atoms with van der Waals surface area (Å²) in [4.78, 5) is 33.2. The van der Waals surface area contributed by atoms with Gasteiger partial charge in [-0.1, -0.05) is 16.9 Å². The van der Waals surface area contributed by atoms with Crippen molar-refractivity contribution in [2.45, 2.75) is 5.16 Å². The molecular weight excluding hydrogens is 346 g/mol. The highest BCUT2D eigenvalue weighted by Gasteiger charge is 2.12. The number of imidazole rings is 1. The molecular formula is C15H15N5O4S. The Kier molecular flexibility index (Phi) is 4.61. The summed E-state index contributed by atoms with van der Waals surface area (Å²) in [6.45, 7) is 0. The fourth-order valence-electron chi connectivity index (χ4n) is 2.20. The maximum atomic E-state index is 12.0. The molecule has 2 heterocycles. The molecule has 0 unspecified atom stereocenters. The number of H-pyrrole nitrogens is 2. The number of rotatable bonds is 5. The molecule has 0 aliphatic rings. The van der Waals surface area contributed by atoms with Crippen LogP contribution in [-0.4, -0.2) is 43.3 Å². The van der Waals surface area contributed by atoms with Gasteiger partial charge in [-0.3, -0.25) is 14.3 Å². The third kappa shape index (κ3) is 3.29. The number of fused-ring (bicyclic) bond motifs is 1. The molecule has 0 spiro atoms. The highest BCUT2D eigenvalue weighted by molar-refractivity contribution is 7.99. The summed E-state index contributed by atoms with van der Waals surface area (Å²) < 4.78 is 6.06. The molecule has 0 aliphatic heterocycles. The van der Waals surface area contributed by atoms with E-state index in [0.717, 1.165) is 10.1 Å². The summed E-state index contributed by atoms with van der Waals surface area (Å²) in [5.74, 6) is 1.01. The highest BCUT2D eigenvalue weighted by Crippen LogP contribution is 2.19. The molecule has 130 valence electrons. The van der Waals surface area contributed by atoms with Crippen molar-refractivity contribution in [3.63, 3.8) is 0 Å². The molecule has 0 bridgehead atoms. The van der Waals surface area contributed by atoms with E-state index in [1.54, 1.807) is 31.4 Å². The van der Waals surface area contributed by atoms with Crippen LogP contribution < -0.4 is 16.0 Å². The first-order valence-corrected chi connectivity index (χ1v) is 8.19. The van der Waals surface area contributed by atoms with Crippen molar-refractivity contribution < 1.29 is 9.94 Å². The van der Waals surface area contributed by atoms with Gasteiger partial charge in [0.25, 0.3) is 5.56 Å². The Labute approximate surface area is 145 Å². The first-order valence-electron chi connectivity index (χ1n) is 7.20. The molecule has 2 aromatic heterocycles. The fourth-order valence-corrected chi connectivity index (χ4v) is 3.03. The molecule has 0 fully saturated rings.